The number of thiazole rings is 1. The van der Waals surface area contributed by atoms with Crippen molar-refractivity contribution in [1.82, 2.24) is 15.6 Å². The number of hydrogen-bond acceptors (Lipinski definition) is 4. The summed E-state index contributed by atoms with van der Waals surface area (Å²) in [6.45, 7) is 5.66. The van der Waals surface area contributed by atoms with Gasteiger partial charge >= 0.3 is 0 Å². The Kier molecular flexibility index (Phi) is 10.9. The Morgan fingerprint density at radius 3 is 2.62 bits per heavy atom. The summed E-state index contributed by atoms with van der Waals surface area (Å²) in [6, 6.07) is 9.38. The van der Waals surface area contributed by atoms with Crippen LogP contribution in [0, 0.1) is 0 Å². The molecule has 0 saturated carbocycles. The van der Waals surface area contributed by atoms with E-state index in [9.17, 15) is 4.79 Å². The lowest BCUT2D eigenvalue weighted by atomic mass is 10.3. The average Bonchev–Trinajstić information content (AvgIpc) is 3.08. The quantitative estimate of drug-likeness (QED) is 0.304. The maximum absolute atomic E-state index is 12.0. The normalized spacial score (nSPS) is 10.8. The number of aliphatic imine (C=N–C) groups is 1. The van der Waals surface area contributed by atoms with E-state index in [1.165, 1.54) is 4.88 Å². The van der Waals surface area contributed by atoms with Crippen LogP contribution in [0.4, 0.5) is 5.69 Å². The molecule has 1 aromatic heterocycles. The number of carbonyl (C=O) groups is 1. The van der Waals surface area contributed by atoms with Gasteiger partial charge in [-0.2, -0.15) is 0 Å². The maximum Gasteiger partial charge on any atom is 0.246 e. The van der Waals surface area contributed by atoms with Crippen LogP contribution in [0.2, 0.25) is 0 Å². The van der Waals surface area contributed by atoms with Crippen molar-refractivity contribution in [3.8, 4) is 0 Å². The summed E-state index contributed by atoms with van der Waals surface area (Å²) < 4.78 is 0. The lowest BCUT2D eigenvalue weighted by molar-refractivity contribution is -0.114. The number of nitrogens with one attached hydrogen (secondary N) is 3. The van der Waals surface area contributed by atoms with Gasteiger partial charge in [-0.1, -0.05) is 25.1 Å². The number of aryl methyl sites for hydroxylation is 1. The van der Waals surface area contributed by atoms with Crippen molar-refractivity contribution in [2.45, 2.75) is 26.7 Å². The summed E-state index contributed by atoms with van der Waals surface area (Å²) in [7, 11) is 0. The zero-order chi connectivity index (χ0) is 17.9. The number of amides is 1. The Bertz CT molecular complexity index is 690. The van der Waals surface area contributed by atoms with Crippen LogP contribution in [0.5, 0.6) is 0 Å². The molecule has 26 heavy (non-hydrogen) atoms. The monoisotopic (exact) mass is 487 g/mol. The number of carbonyl (C=O) groups excluding carboxylic acids is 1. The van der Waals surface area contributed by atoms with Crippen LogP contribution in [0.15, 0.2) is 41.5 Å². The molecule has 1 amide bonds. The first-order valence-corrected chi connectivity index (χ1v) is 9.33. The fourth-order valence-electron chi connectivity index (χ4n) is 2.13. The van der Waals surface area contributed by atoms with Crippen molar-refractivity contribution in [1.29, 1.82) is 0 Å². The van der Waals surface area contributed by atoms with Crippen LogP contribution in [0.25, 0.3) is 0 Å². The van der Waals surface area contributed by atoms with E-state index in [2.05, 4.69) is 32.9 Å². The molecule has 0 aliphatic rings. The molecule has 0 saturated heterocycles. The van der Waals surface area contributed by atoms with Crippen molar-refractivity contribution >= 4 is 52.9 Å². The van der Waals surface area contributed by atoms with Gasteiger partial charge in [0.2, 0.25) is 5.91 Å². The molecule has 0 unspecified atom stereocenters. The first kappa shape index (κ1) is 22.4. The topological polar surface area (TPSA) is 78.4 Å². The number of aromatic nitrogens is 1. The second kappa shape index (κ2) is 12.6. The number of hydrogen-bond donors (Lipinski definition) is 3. The van der Waals surface area contributed by atoms with Gasteiger partial charge in [-0.3, -0.25) is 4.79 Å². The Balaban J connectivity index is 0.00000338. The largest absolute Gasteiger partial charge is 0.357 e. The van der Waals surface area contributed by atoms with Gasteiger partial charge in [0.25, 0.3) is 0 Å². The highest BCUT2D eigenvalue weighted by Gasteiger charge is 2.04. The van der Waals surface area contributed by atoms with E-state index in [1.807, 2.05) is 43.5 Å². The van der Waals surface area contributed by atoms with Crippen LogP contribution in [0.3, 0.4) is 0 Å². The summed E-state index contributed by atoms with van der Waals surface area (Å²) in [5, 5.41) is 10.3. The van der Waals surface area contributed by atoms with Gasteiger partial charge in [-0.05, 0) is 25.5 Å². The molecular formula is C18H26IN5OS. The minimum atomic E-state index is -0.143. The highest BCUT2D eigenvalue weighted by molar-refractivity contribution is 14.0. The molecule has 6 nitrogen and oxygen atoms in total. The van der Waals surface area contributed by atoms with Gasteiger partial charge in [0.15, 0.2) is 5.96 Å². The summed E-state index contributed by atoms with van der Waals surface area (Å²) in [6.07, 6.45) is 3.80. The molecule has 8 heteroatoms. The molecule has 2 aromatic rings. The lowest BCUT2D eigenvalue weighted by Gasteiger charge is -2.10. The second-order valence-corrected chi connectivity index (χ2v) is 6.56. The molecule has 0 aliphatic heterocycles. The van der Waals surface area contributed by atoms with Gasteiger partial charge < -0.3 is 16.0 Å². The maximum atomic E-state index is 12.0. The smallest absolute Gasteiger partial charge is 0.246 e. The first-order chi connectivity index (χ1) is 12.2. The Morgan fingerprint density at radius 2 is 1.96 bits per heavy atom. The van der Waals surface area contributed by atoms with Gasteiger partial charge in [-0.15, -0.1) is 35.3 Å². The third kappa shape index (κ3) is 8.13. The highest BCUT2D eigenvalue weighted by atomic mass is 127. The Labute approximate surface area is 175 Å². The Morgan fingerprint density at radius 1 is 1.19 bits per heavy atom. The van der Waals surface area contributed by atoms with E-state index >= 15 is 0 Å². The summed E-state index contributed by atoms with van der Waals surface area (Å²) in [5.74, 6) is 0.494. The zero-order valence-electron chi connectivity index (χ0n) is 15.1. The van der Waals surface area contributed by atoms with Crippen molar-refractivity contribution in [2.75, 3.05) is 25.0 Å². The molecule has 2 rings (SSSR count). The van der Waals surface area contributed by atoms with Crippen LogP contribution in [0.1, 0.15) is 23.7 Å². The zero-order valence-corrected chi connectivity index (χ0v) is 18.3. The summed E-state index contributed by atoms with van der Waals surface area (Å²) in [4.78, 5) is 22.0. The number of rotatable bonds is 8. The molecule has 0 bridgehead atoms. The third-order valence-corrected chi connectivity index (χ3v) is 4.57. The number of halogens is 1. The van der Waals surface area contributed by atoms with Gasteiger partial charge in [0, 0.05) is 36.3 Å². The molecule has 0 fully saturated rings. The Hall–Kier alpha value is -1.68. The first-order valence-electron chi connectivity index (χ1n) is 8.52. The van der Waals surface area contributed by atoms with Crippen LogP contribution in [-0.2, 0) is 17.6 Å². The number of para-hydroxylation sites is 1. The van der Waals surface area contributed by atoms with E-state index in [-0.39, 0.29) is 36.4 Å². The molecule has 0 spiro atoms. The molecule has 0 aliphatic carbocycles. The molecular weight excluding hydrogens is 461 g/mol. The molecule has 1 aromatic carbocycles. The molecule has 3 N–H and O–H groups in total. The van der Waals surface area contributed by atoms with Crippen molar-refractivity contribution < 1.29 is 4.79 Å². The summed E-state index contributed by atoms with van der Waals surface area (Å²) in [5.41, 5.74) is 0.774. The van der Waals surface area contributed by atoms with E-state index in [0.717, 1.165) is 36.6 Å². The van der Waals surface area contributed by atoms with Gasteiger partial charge in [0.1, 0.15) is 6.54 Å². The number of benzene rings is 1. The molecule has 1 heterocycles. The number of anilines is 1. The van der Waals surface area contributed by atoms with Crippen molar-refractivity contribution in [3.63, 3.8) is 0 Å². The van der Waals surface area contributed by atoms with E-state index in [4.69, 9.17) is 0 Å². The average molecular weight is 487 g/mol. The second-order valence-electron chi connectivity index (χ2n) is 5.36. The summed E-state index contributed by atoms with van der Waals surface area (Å²) >= 11 is 1.74. The van der Waals surface area contributed by atoms with E-state index in [0.29, 0.717) is 5.96 Å². The molecule has 142 valence electrons. The highest BCUT2D eigenvalue weighted by Crippen LogP contribution is 2.13. The van der Waals surface area contributed by atoms with E-state index in [1.54, 1.807) is 11.3 Å². The molecule has 0 radical (unpaired) electrons. The predicted octanol–water partition coefficient (Wildman–Crippen LogP) is 3.06. The number of guanidine groups is 1. The van der Waals surface area contributed by atoms with Crippen LogP contribution in [-0.4, -0.2) is 36.5 Å². The van der Waals surface area contributed by atoms with E-state index < -0.39 is 0 Å². The minimum Gasteiger partial charge on any atom is -0.357 e. The number of nitrogens with zero attached hydrogens (tertiary/aromatic N) is 2. The van der Waals surface area contributed by atoms with Crippen LogP contribution < -0.4 is 16.0 Å². The molecule has 0 atom stereocenters. The van der Waals surface area contributed by atoms with Crippen molar-refractivity contribution in [3.05, 3.63) is 46.4 Å². The standard InChI is InChI=1S/C18H25N5OS.HI/c1-3-15-12-21-17(25-15)10-11-20-18(19-4-2)22-13-16(24)23-14-8-6-5-7-9-14;/h5-9,12H,3-4,10-11,13H2,1-2H3,(H,23,24)(H2,19,20,22);1H. The predicted molar refractivity (Wildman–Crippen MR) is 120 cm³/mol. The SMILES string of the molecule is CCNC(=NCC(=O)Nc1ccccc1)NCCc1ncc(CC)s1.I. The van der Waals surface area contributed by atoms with Gasteiger partial charge in [0.05, 0.1) is 5.01 Å². The fraction of sp³-hybridized carbons (Fsp3) is 0.389. The van der Waals surface area contributed by atoms with Crippen LogP contribution >= 0.6 is 35.3 Å². The fourth-order valence-corrected chi connectivity index (χ4v) is 2.99. The van der Waals surface area contributed by atoms with Gasteiger partial charge in [-0.25, -0.2) is 9.98 Å². The third-order valence-electron chi connectivity index (χ3n) is 3.36. The minimum absolute atomic E-state index is 0. The lowest BCUT2D eigenvalue weighted by Crippen LogP contribution is -2.39. The van der Waals surface area contributed by atoms with Crippen molar-refractivity contribution in [2.24, 2.45) is 4.99 Å².